The second-order valence-corrected chi connectivity index (χ2v) is 6.26. The van der Waals surface area contributed by atoms with Gasteiger partial charge in [-0.25, -0.2) is 0 Å². The predicted molar refractivity (Wildman–Crippen MR) is 75.7 cm³/mol. The summed E-state index contributed by atoms with van der Waals surface area (Å²) in [5, 5.41) is 3.63. The number of thiophene rings is 1. The lowest BCUT2D eigenvalue weighted by atomic mass is 9.94. The minimum atomic E-state index is 0.508. The van der Waals surface area contributed by atoms with E-state index >= 15 is 0 Å². The fourth-order valence-corrected chi connectivity index (χ4v) is 3.75. The van der Waals surface area contributed by atoms with Crippen LogP contribution in [0.5, 0.6) is 0 Å². The molecule has 1 aromatic rings. The molecule has 0 saturated carbocycles. The number of nitrogens with one attached hydrogen (secondary N) is 1. The van der Waals surface area contributed by atoms with Crippen molar-refractivity contribution in [1.82, 2.24) is 5.32 Å². The smallest absolute Gasteiger partial charge is 0.0934 e. The summed E-state index contributed by atoms with van der Waals surface area (Å²) >= 11 is 7.83. The van der Waals surface area contributed by atoms with Crippen molar-refractivity contribution in [2.24, 2.45) is 0 Å². The van der Waals surface area contributed by atoms with E-state index in [0.717, 1.165) is 30.1 Å². The van der Waals surface area contributed by atoms with Gasteiger partial charge in [0.2, 0.25) is 0 Å². The molecule has 0 aromatic carbocycles. The van der Waals surface area contributed by atoms with Gasteiger partial charge in [0.1, 0.15) is 0 Å². The SMILES string of the molecule is C#CCCCCNC1CCCc2sc(Cl)cc21. The first-order chi connectivity index (χ1) is 8.31. The number of fused-ring (bicyclic) bond motifs is 1. The van der Waals surface area contributed by atoms with Crippen LogP contribution in [0.3, 0.4) is 0 Å². The van der Waals surface area contributed by atoms with Crippen molar-refractivity contribution in [1.29, 1.82) is 0 Å². The van der Waals surface area contributed by atoms with Gasteiger partial charge in [-0.3, -0.25) is 0 Å². The number of terminal acetylenes is 1. The second kappa shape index (κ2) is 6.44. The molecule has 3 heteroatoms. The van der Waals surface area contributed by atoms with Crippen molar-refractivity contribution < 1.29 is 0 Å². The Kier molecular flexibility index (Phi) is 4.91. The lowest BCUT2D eigenvalue weighted by Gasteiger charge is -2.23. The molecule has 0 radical (unpaired) electrons. The van der Waals surface area contributed by atoms with Crippen molar-refractivity contribution in [3.63, 3.8) is 0 Å². The van der Waals surface area contributed by atoms with Crippen LogP contribution in [0.4, 0.5) is 0 Å². The topological polar surface area (TPSA) is 12.0 Å². The van der Waals surface area contributed by atoms with E-state index < -0.39 is 0 Å². The fraction of sp³-hybridized carbons (Fsp3) is 0.571. The highest BCUT2D eigenvalue weighted by Gasteiger charge is 2.21. The minimum Gasteiger partial charge on any atom is -0.310 e. The fourth-order valence-electron chi connectivity index (χ4n) is 2.36. The Morgan fingerprint density at radius 1 is 1.53 bits per heavy atom. The van der Waals surface area contributed by atoms with Crippen molar-refractivity contribution >= 4 is 22.9 Å². The normalized spacial score (nSPS) is 18.7. The first-order valence-corrected chi connectivity index (χ1v) is 7.45. The van der Waals surface area contributed by atoms with Crippen LogP contribution < -0.4 is 5.32 Å². The van der Waals surface area contributed by atoms with Crippen molar-refractivity contribution in [3.05, 3.63) is 20.8 Å². The monoisotopic (exact) mass is 267 g/mol. The molecule has 0 fully saturated rings. The number of hydrogen-bond donors (Lipinski definition) is 1. The Morgan fingerprint density at radius 3 is 3.24 bits per heavy atom. The molecule has 1 atom stereocenters. The summed E-state index contributed by atoms with van der Waals surface area (Å²) in [6.45, 7) is 1.05. The van der Waals surface area contributed by atoms with Gasteiger partial charge >= 0.3 is 0 Å². The zero-order chi connectivity index (χ0) is 12.1. The van der Waals surface area contributed by atoms with Gasteiger partial charge in [-0.1, -0.05) is 11.6 Å². The number of halogens is 1. The maximum absolute atomic E-state index is 6.09. The summed E-state index contributed by atoms with van der Waals surface area (Å²) in [6.07, 6.45) is 12.1. The highest BCUT2D eigenvalue weighted by Crippen LogP contribution is 2.37. The van der Waals surface area contributed by atoms with Crippen LogP contribution in [-0.4, -0.2) is 6.54 Å². The lowest BCUT2D eigenvalue weighted by Crippen LogP contribution is -2.25. The number of unbranched alkanes of at least 4 members (excludes halogenated alkanes) is 2. The van der Waals surface area contributed by atoms with E-state index in [1.807, 2.05) is 0 Å². The van der Waals surface area contributed by atoms with Gasteiger partial charge in [-0.2, -0.15) is 0 Å². The third kappa shape index (κ3) is 3.48. The Bertz CT molecular complexity index is 405. The molecule has 1 aromatic heterocycles. The van der Waals surface area contributed by atoms with Gasteiger partial charge in [0.25, 0.3) is 0 Å². The van der Waals surface area contributed by atoms with Gasteiger partial charge in [0.05, 0.1) is 4.34 Å². The standard InChI is InChI=1S/C14H18ClNS/c1-2-3-4-5-9-16-12-7-6-8-13-11(12)10-14(15)17-13/h1,10,12,16H,3-9H2. The van der Waals surface area contributed by atoms with E-state index in [-0.39, 0.29) is 0 Å². The molecule has 2 rings (SSSR count). The maximum atomic E-state index is 6.09. The zero-order valence-electron chi connectivity index (χ0n) is 9.97. The quantitative estimate of drug-likeness (QED) is 0.624. The van der Waals surface area contributed by atoms with Crippen LogP contribution in [0.15, 0.2) is 6.07 Å². The minimum absolute atomic E-state index is 0.508. The summed E-state index contributed by atoms with van der Waals surface area (Å²) in [5.41, 5.74) is 1.43. The molecule has 1 heterocycles. The van der Waals surface area contributed by atoms with Crippen LogP contribution in [0.25, 0.3) is 0 Å². The maximum Gasteiger partial charge on any atom is 0.0934 e. The van der Waals surface area contributed by atoms with E-state index in [2.05, 4.69) is 17.3 Å². The van der Waals surface area contributed by atoms with Gasteiger partial charge in [-0.05, 0) is 50.3 Å². The molecule has 1 aliphatic carbocycles. The molecule has 0 saturated heterocycles. The largest absolute Gasteiger partial charge is 0.310 e. The Labute approximate surface area is 113 Å². The van der Waals surface area contributed by atoms with Crippen molar-refractivity contribution in [2.75, 3.05) is 6.54 Å². The van der Waals surface area contributed by atoms with Crippen molar-refractivity contribution in [3.8, 4) is 12.3 Å². The summed E-state index contributed by atoms with van der Waals surface area (Å²) in [5.74, 6) is 2.68. The van der Waals surface area contributed by atoms with E-state index in [9.17, 15) is 0 Å². The van der Waals surface area contributed by atoms with Crippen LogP contribution in [0.1, 0.15) is 48.6 Å². The average Bonchev–Trinajstić information content (AvgIpc) is 2.70. The first-order valence-electron chi connectivity index (χ1n) is 6.26. The third-order valence-corrected chi connectivity index (χ3v) is 4.56. The molecule has 0 spiro atoms. The number of aryl methyl sites for hydroxylation is 1. The van der Waals surface area contributed by atoms with Gasteiger partial charge in [-0.15, -0.1) is 23.7 Å². The van der Waals surface area contributed by atoms with Crippen LogP contribution in [0.2, 0.25) is 4.34 Å². The summed E-state index contributed by atoms with van der Waals surface area (Å²) in [7, 11) is 0. The molecule has 1 nitrogen and oxygen atoms in total. The average molecular weight is 268 g/mol. The van der Waals surface area contributed by atoms with E-state index in [0.29, 0.717) is 6.04 Å². The molecule has 0 aliphatic heterocycles. The molecule has 1 unspecified atom stereocenters. The summed E-state index contributed by atoms with van der Waals surface area (Å²) in [6, 6.07) is 2.65. The molecular formula is C14H18ClNS. The molecule has 1 aliphatic rings. The van der Waals surface area contributed by atoms with Crippen LogP contribution in [0, 0.1) is 12.3 Å². The molecular weight excluding hydrogens is 250 g/mol. The molecule has 0 bridgehead atoms. The highest BCUT2D eigenvalue weighted by atomic mass is 35.5. The molecule has 1 N–H and O–H groups in total. The second-order valence-electron chi connectivity index (χ2n) is 4.49. The highest BCUT2D eigenvalue weighted by molar-refractivity contribution is 7.16. The van der Waals surface area contributed by atoms with E-state index in [1.165, 1.54) is 29.7 Å². The first kappa shape index (κ1) is 13.0. The Balaban J connectivity index is 1.84. The van der Waals surface area contributed by atoms with E-state index in [4.69, 9.17) is 18.0 Å². The van der Waals surface area contributed by atoms with E-state index in [1.54, 1.807) is 11.3 Å². The summed E-state index contributed by atoms with van der Waals surface area (Å²) in [4.78, 5) is 1.47. The van der Waals surface area contributed by atoms with Gasteiger partial charge in [0, 0.05) is 17.3 Å². The Morgan fingerprint density at radius 2 is 2.41 bits per heavy atom. The number of rotatable bonds is 5. The third-order valence-electron chi connectivity index (χ3n) is 3.22. The lowest BCUT2D eigenvalue weighted by molar-refractivity contribution is 0.456. The van der Waals surface area contributed by atoms with Gasteiger partial charge in [0.15, 0.2) is 0 Å². The number of hydrogen-bond acceptors (Lipinski definition) is 2. The van der Waals surface area contributed by atoms with Crippen LogP contribution in [-0.2, 0) is 6.42 Å². The summed E-state index contributed by atoms with van der Waals surface area (Å²) < 4.78 is 0.927. The predicted octanol–water partition coefficient (Wildman–Crippen LogP) is 4.17. The molecule has 92 valence electrons. The molecule has 0 amide bonds. The Hall–Kier alpha value is -0.490. The zero-order valence-corrected chi connectivity index (χ0v) is 11.5. The van der Waals surface area contributed by atoms with Crippen molar-refractivity contribution in [2.45, 2.75) is 44.6 Å². The molecule has 17 heavy (non-hydrogen) atoms. The van der Waals surface area contributed by atoms with Gasteiger partial charge < -0.3 is 5.32 Å². The van der Waals surface area contributed by atoms with Crippen LogP contribution >= 0.6 is 22.9 Å².